The predicted molar refractivity (Wildman–Crippen MR) is 69.7 cm³/mol. The Hall–Kier alpha value is -1.19. The first kappa shape index (κ1) is 11.3. The van der Waals surface area contributed by atoms with Gasteiger partial charge in [-0.05, 0) is 19.0 Å². The predicted octanol–water partition coefficient (Wildman–Crippen LogP) is 3.23. The van der Waals surface area contributed by atoms with Gasteiger partial charge in [0.2, 0.25) is 0 Å². The maximum atomic E-state index is 4.58. The molecule has 0 fully saturated rings. The lowest BCUT2D eigenvalue weighted by atomic mass is 10.1. The first-order chi connectivity index (χ1) is 7.81. The number of rotatable bonds is 4. The molecular weight excluding hydrogens is 216 g/mol. The number of thiazole rings is 1. The Morgan fingerprint density at radius 2 is 2.00 bits per heavy atom. The summed E-state index contributed by atoms with van der Waals surface area (Å²) in [5, 5.41) is 4.46. The van der Waals surface area contributed by atoms with E-state index in [0.29, 0.717) is 0 Å². The Bertz CT molecular complexity index is 448. The number of nitrogens with zero attached hydrogens (tertiary/aromatic N) is 1. The van der Waals surface area contributed by atoms with E-state index in [4.69, 9.17) is 0 Å². The number of aryl methyl sites for hydroxylation is 1. The van der Waals surface area contributed by atoms with Crippen molar-refractivity contribution in [3.05, 3.63) is 41.0 Å². The van der Waals surface area contributed by atoms with E-state index in [1.165, 1.54) is 10.4 Å². The molecule has 3 heteroatoms. The molecule has 1 N–H and O–H groups in total. The number of hydrogen-bond acceptors (Lipinski definition) is 3. The van der Waals surface area contributed by atoms with Gasteiger partial charge in [0.05, 0.1) is 15.6 Å². The molecule has 84 valence electrons. The van der Waals surface area contributed by atoms with Crippen LogP contribution in [0, 0.1) is 6.92 Å². The molecule has 0 aliphatic heterocycles. The third-order valence-corrected chi connectivity index (χ3v) is 3.44. The Morgan fingerprint density at radius 3 is 2.69 bits per heavy atom. The van der Waals surface area contributed by atoms with Gasteiger partial charge in [0.25, 0.3) is 0 Å². The van der Waals surface area contributed by atoms with Gasteiger partial charge in [0, 0.05) is 6.54 Å². The highest BCUT2D eigenvalue weighted by atomic mass is 32.1. The molecule has 0 aliphatic carbocycles. The van der Waals surface area contributed by atoms with Crippen molar-refractivity contribution < 1.29 is 0 Å². The minimum absolute atomic E-state index is 0.852. The molecule has 0 atom stereocenters. The molecule has 1 heterocycles. The highest BCUT2D eigenvalue weighted by molar-refractivity contribution is 7.15. The summed E-state index contributed by atoms with van der Waals surface area (Å²) in [6.07, 6.45) is 0. The van der Waals surface area contributed by atoms with Crippen molar-refractivity contribution in [1.82, 2.24) is 10.3 Å². The number of nitrogens with one attached hydrogen (secondary N) is 1. The highest BCUT2D eigenvalue weighted by Crippen LogP contribution is 2.29. The normalized spacial score (nSPS) is 10.6. The monoisotopic (exact) mass is 232 g/mol. The summed E-state index contributed by atoms with van der Waals surface area (Å²) in [5.41, 5.74) is 2.43. The summed E-state index contributed by atoms with van der Waals surface area (Å²) >= 11 is 1.77. The maximum absolute atomic E-state index is 4.58. The second kappa shape index (κ2) is 5.23. The molecule has 16 heavy (non-hydrogen) atoms. The molecule has 0 aliphatic rings. The second-order valence-corrected chi connectivity index (χ2v) is 4.86. The third kappa shape index (κ3) is 2.49. The molecule has 0 unspecified atom stereocenters. The topological polar surface area (TPSA) is 24.9 Å². The number of hydrogen-bond donors (Lipinski definition) is 1. The average molecular weight is 232 g/mol. The molecule has 1 aromatic carbocycles. The molecule has 1 aromatic heterocycles. The summed E-state index contributed by atoms with van der Waals surface area (Å²) in [7, 11) is 0. The zero-order valence-corrected chi connectivity index (χ0v) is 10.5. The van der Waals surface area contributed by atoms with Crippen LogP contribution in [0.3, 0.4) is 0 Å². The van der Waals surface area contributed by atoms with Crippen LogP contribution in [0.1, 0.15) is 17.6 Å². The van der Waals surface area contributed by atoms with Crippen molar-refractivity contribution in [2.75, 3.05) is 6.54 Å². The van der Waals surface area contributed by atoms with Gasteiger partial charge in [-0.2, -0.15) is 0 Å². The fraction of sp³-hybridized carbons (Fsp3) is 0.308. The first-order valence-corrected chi connectivity index (χ1v) is 6.35. The van der Waals surface area contributed by atoms with E-state index < -0.39 is 0 Å². The van der Waals surface area contributed by atoms with Crippen molar-refractivity contribution in [2.45, 2.75) is 20.4 Å². The molecule has 0 saturated heterocycles. The molecule has 0 saturated carbocycles. The van der Waals surface area contributed by atoms with Crippen LogP contribution in [0.25, 0.3) is 10.4 Å². The minimum Gasteiger partial charge on any atom is -0.311 e. The molecule has 2 rings (SSSR count). The first-order valence-electron chi connectivity index (χ1n) is 5.53. The van der Waals surface area contributed by atoms with E-state index in [9.17, 15) is 0 Å². The van der Waals surface area contributed by atoms with E-state index in [1.807, 2.05) is 6.07 Å². The molecule has 0 amide bonds. The maximum Gasteiger partial charge on any atom is 0.0904 e. The summed E-state index contributed by atoms with van der Waals surface area (Å²) in [6, 6.07) is 10.5. The van der Waals surface area contributed by atoms with Gasteiger partial charge >= 0.3 is 0 Å². The third-order valence-electron chi connectivity index (χ3n) is 2.38. The van der Waals surface area contributed by atoms with Gasteiger partial charge in [-0.1, -0.05) is 37.3 Å². The molecule has 0 bridgehead atoms. The highest BCUT2D eigenvalue weighted by Gasteiger charge is 2.09. The Morgan fingerprint density at radius 1 is 1.25 bits per heavy atom. The lowest BCUT2D eigenvalue weighted by Crippen LogP contribution is -2.12. The van der Waals surface area contributed by atoms with Crippen LogP contribution in [-0.2, 0) is 6.54 Å². The molecule has 2 aromatic rings. The van der Waals surface area contributed by atoms with E-state index in [-0.39, 0.29) is 0 Å². The van der Waals surface area contributed by atoms with Gasteiger partial charge < -0.3 is 5.32 Å². The Labute approximate surface area is 100 Å². The van der Waals surface area contributed by atoms with Crippen molar-refractivity contribution in [1.29, 1.82) is 0 Å². The van der Waals surface area contributed by atoms with Gasteiger partial charge in [0.15, 0.2) is 0 Å². The summed E-state index contributed by atoms with van der Waals surface area (Å²) in [5.74, 6) is 0. The molecule has 0 radical (unpaired) electrons. The molecule has 0 spiro atoms. The van der Waals surface area contributed by atoms with Crippen LogP contribution in [0.4, 0.5) is 0 Å². The quantitative estimate of drug-likeness (QED) is 0.875. The van der Waals surface area contributed by atoms with Crippen LogP contribution in [-0.4, -0.2) is 11.5 Å². The largest absolute Gasteiger partial charge is 0.311 e. The van der Waals surface area contributed by atoms with Crippen LogP contribution < -0.4 is 5.32 Å². The van der Waals surface area contributed by atoms with Gasteiger partial charge in [-0.3, -0.25) is 0 Å². The van der Waals surface area contributed by atoms with Crippen LogP contribution in [0.15, 0.2) is 30.3 Å². The van der Waals surface area contributed by atoms with Gasteiger partial charge in [-0.15, -0.1) is 11.3 Å². The van der Waals surface area contributed by atoms with Crippen molar-refractivity contribution in [3.8, 4) is 10.4 Å². The lowest BCUT2D eigenvalue weighted by molar-refractivity contribution is 0.714. The second-order valence-electron chi connectivity index (χ2n) is 3.66. The molecular formula is C13H16N2S. The minimum atomic E-state index is 0.852. The van der Waals surface area contributed by atoms with E-state index in [1.54, 1.807) is 11.3 Å². The zero-order valence-electron chi connectivity index (χ0n) is 9.66. The van der Waals surface area contributed by atoms with Crippen molar-refractivity contribution in [2.24, 2.45) is 0 Å². The Balaban J connectivity index is 2.33. The van der Waals surface area contributed by atoms with Gasteiger partial charge in [-0.25, -0.2) is 4.98 Å². The summed E-state index contributed by atoms with van der Waals surface area (Å²) in [4.78, 5) is 5.87. The van der Waals surface area contributed by atoms with Crippen molar-refractivity contribution in [3.63, 3.8) is 0 Å². The van der Waals surface area contributed by atoms with Crippen LogP contribution >= 0.6 is 11.3 Å². The van der Waals surface area contributed by atoms with Gasteiger partial charge in [0.1, 0.15) is 0 Å². The van der Waals surface area contributed by atoms with Crippen LogP contribution in [0.5, 0.6) is 0 Å². The van der Waals surface area contributed by atoms with E-state index >= 15 is 0 Å². The van der Waals surface area contributed by atoms with E-state index in [0.717, 1.165) is 23.8 Å². The smallest absolute Gasteiger partial charge is 0.0904 e. The SMILES string of the molecule is CCNCc1nc(C)sc1-c1ccccc1. The van der Waals surface area contributed by atoms with Crippen LogP contribution in [0.2, 0.25) is 0 Å². The summed E-state index contributed by atoms with van der Waals surface area (Å²) < 4.78 is 0. The number of benzene rings is 1. The fourth-order valence-electron chi connectivity index (χ4n) is 1.65. The summed E-state index contributed by atoms with van der Waals surface area (Å²) in [6.45, 7) is 6.00. The van der Waals surface area contributed by atoms with Crippen molar-refractivity contribution >= 4 is 11.3 Å². The zero-order chi connectivity index (χ0) is 11.4. The molecule has 2 nitrogen and oxygen atoms in total. The van der Waals surface area contributed by atoms with E-state index in [2.05, 4.69) is 48.4 Å². The fourth-order valence-corrected chi connectivity index (χ4v) is 2.59. The number of aromatic nitrogens is 1. The average Bonchev–Trinajstić information content (AvgIpc) is 2.69. The standard InChI is InChI=1S/C13H16N2S/c1-3-14-9-12-13(16-10(2)15-12)11-7-5-4-6-8-11/h4-8,14H,3,9H2,1-2H3. The lowest BCUT2D eigenvalue weighted by Gasteiger charge is -2.02. The Kier molecular flexibility index (Phi) is 3.70.